The molecular weight excluding hydrogens is 278 g/mol. The Morgan fingerprint density at radius 2 is 1.95 bits per heavy atom. The lowest BCUT2D eigenvalue weighted by molar-refractivity contribution is -0.137. The van der Waals surface area contributed by atoms with Crippen LogP contribution in [0.15, 0.2) is 24.3 Å². The summed E-state index contributed by atoms with van der Waals surface area (Å²) in [7, 11) is 0. The number of aromatic carboxylic acids is 1. The zero-order chi connectivity index (χ0) is 14.9. The Bertz CT molecular complexity index is 544. The van der Waals surface area contributed by atoms with E-state index in [1.165, 1.54) is 0 Å². The quantitative estimate of drug-likeness (QED) is 0.790. The molecular formula is C14H17NO4S. The summed E-state index contributed by atoms with van der Waals surface area (Å²) in [6.45, 7) is 3.95. The van der Waals surface area contributed by atoms with Crippen molar-refractivity contribution in [3.8, 4) is 0 Å². The normalized spacial score (nSPS) is 24.5. The fourth-order valence-electron chi connectivity index (χ4n) is 2.36. The highest BCUT2D eigenvalue weighted by molar-refractivity contribution is 8.01. The molecule has 2 unspecified atom stereocenters. The molecule has 6 heteroatoms. The predicted molar refractivity (Wildman–Crippen MR) is 77.0 cm³/mol. The van der Waals surface area contributed by atoms with Gasteiger partial charge in [-0.05, 0) is 25.5 Å². The highest BCUT2D eigenvalue weighted by Gasteiger charge is 2.43. The number of carbonyl (C=O) groups is 2. The Kier molecular flexibility index (Phi) is 4.06. The Morgan fingerprint density at radius 1 is 1.30 bits per heavy atom. The molecule has 1 aliphatic heterocycles. The first-order chi connectivity index (χ1) is 9.31. The van der Waals surface area contributed by atoms with Gasteiger partial charge in [-0.25, -0.2) is 4.79 Å². The molecule has 5 nitrogen and oxygen atoms in total. The molecule has 0 aliphatic carbocycles. The van der Waals surface area contributed by atoms with E-state index in [1.807, 2.05) is 13.8 Å². The van der Waals surface area contributed by atoms with Crippen molar-refractivity contribution in [3.05, 3.63) is 35.4 Å². The van der Waals surface area contributed by atoms with Crippen molar-refractivity contribution in [2.45, 2.75) is 36.4 Å². The van der Waals surface area contributed by atoms with Crippen LogP contribution in [0, 0.1) is 0 Å². The van der Waals surface area contributed by atoms with Crippen molar-refractivity contribution in [2.75, 3.05) is 0 Å². The van der Waals surface area contributed by atoms with Crippen LogP contribution in [0.5, 0.6) is 0 Å². The van der Waals surface area contributed by atoms with Crippen LogP contribution in [-0.2, 0) is 4.79 Å². The first kappa shape index (κ1) is 14.9. The topological polar surface area (TPSA) is 86.6 Å². The maximum absolute atomic E-state index is 11.3. The third-order valence-corrected chi connectivity index (χ3v) is 4.98. The molecule has 1 saturated heterocycles. The minimum atomic E-state index is -0.970. The zero-order valence-electron chi connectivity index (χ0n) is 11.3. The second-order valence-corrected chi connectivity index (χ2v) is 7.07. The SMILES string of the molecule is CC1(C)SC(c2ccccc2C(=O)O)NC1CC(=O)O. The van der Waals surface area contributed by atoms with E-state index in [1.54, 1.807) is 36.0 Å². The van der Waals surface area contributed by atoms with Gasteiger partial charge in [0.1, 0.15) is 0 Å². The molecule has 1 aromatic rings. The van der Waals surface area contributed by atoms with Gasteiger partial charge in [0.2, 0.25) is 0 Å². The Morgan fingerprint density at radius 3 is 2.55 bits per heavy atom. The van der Waals surface area contributed by atoms with Gasteiger partial charge in [0.25, 0.3) is 0 Å². The first-order valence-electron chi connectivity index (χ1n) is 6.29. The summed E-state index contributed by atoms with van der Waals surface area (Å²) >= 11 is 1.56. The molecule has 1 fully saturated rings. The van der Waals surface area contributed by atoms with Crippen molar-refractivity contribution in [3.63, 3.8) is 0 Å². The number of nitrogens with one attached hydrogen (secondary N) is 1. The van der Waals surface area contributed by atoms with Gasteiger partial charge in [0.15, 0.2) is 0 Å². The maximum atomic E-state index is 11.3. The van der Waals surface area contributed by atoms with Crippen LogP contribution in [0.4, 0.5) is 0 Å². The Hall–Kier alpha value is -1.53. The number of carboxylic acids is 2. The molecule has 0 spiro atoms. The second kappa shape index (κ2) is 5.46. The maximum Gasteiger partial charge on any atom is 0.336 e. The minimum absolute atomic E-state index is 0.0196. The molecule has 0 aromatic heterocycles. The van der Waals surface area contributed by atoms with Crippen LogP contribution in [-0.4, -0.2) is 32.9 Å². The van der Waals surface area contributed by atoms with Crippen LogP contribution in [0.25, 0.3) is 0 Å². The lowest BCUT2D eigenvalue weighted by Gasteiger charge is -2.23. The lowest BCUT2D eigenvalue weighted by Crippen LogP contribution is -2.38. The van der Waals surface area contributed by atoms with E-state index in [0.29, 0.717) is 5.56 Å². The summed E-state index contributed by atoms with van der Waals surface area (Å²) in [4.78, 5) is 22.2. The number of aliphatic carboxylic acids is 1. The summed E-state index contributed by atoms with van der Waals surface area (Å²) in [5, 5.41) is 21.2. The molecule has 2 rings (SSSR count). The van der Waals surface area contributed by atoms with Gasteiger partial charge in [-0.15, -0.1) is 11.8 Å². The summed E-state index contributed by atoms with van der Waals surface area (Å²) in [6.07, 6.45) is 0.0196. The van der Waals surface area contributed by atoms with E-state index >= 15 is 0 Å². The molecule has 1 aromatic carbocycles. The predicted octanol–water partition coefficient (Wildman–Crippen LogP) is 2.34. The van der Waals surface area contributed by atoms with Gasteiger partial charge in [-0.3, -0.25) is 10.1 Å². The highest BCUT2D eigenvalue weighted by atomic mass is 32.2. The summed E-state index contributed by atoms with van der Waals surface area (Å²) < 4.78 is -0.269. The fourth-order valence-corrected chi connectivity index (χ4v) is 3.84. The fraction of sp³-hybridized carbons (Fsp3) is 0.429. The van der Waals surface area contributed by atoms with Gasteiger partial charge in [0.05, 0.1) is 17.4 Å². The zero-order valence-corrected chi connectivity index (χ0v) is 12.1. The van der Waals surface area contributed by atoms with Gasteiger partial charge in [0, 0.05) is 10.8 Å². The summed E-state index contributed by atoms with van der Waals surface area (Å²) in [5.41, 5.74) is 0.940. The average Bonchev–Trinajstić information content (AvgIpc) is 2.64. The molecule has 0 saturated carbocycles. The van der Waals surface area contributed by atoms with Gasteiger partial charge in [-0.2, -0.15) is 0 Å². The van der Waals surface area contributed by atoms with Crippen molar-refractivity contribution < 1.29 is 19.8 Å². The van der Waals surface area contributed by atoms with E-state index in [4.69, 9.17) is 5.11 Å². The van der Waals surface area contributed by atoms with Crippen molar-refractivity contribution in [2.24, 2.45) is 0 Å². The summed E-state index contributed by atoms with van der Waals surface area (Å²) in [6, 6.07) is 6.62. The van der Waals surface area contributed by atoms with Crippen LogP contribution in [0.2, 0.25) is 0 Å². The number of thioether (sulfide) groups is 1. The highest BCUT2D eigenvalue weighted by Crippen LogP contribution is 2.47. The Labute approximate surface area is 121 Å². The summed E-state index contributed by atoms with van der Waals surface area (Å²) in [5.74, 6) is -1.83. The molecule has 2 atom stereocenters. The van der Waals surface area contributed by atoms with Crippen molar-refractivity contribution >= 4 is 23.7 Å². The molecule has 3 N–H and O–H groups in total. The first-order valence-corrected chi connectivity index (χ1v) is 7.17. The number of benzene rings is 1. The Balaban J connectivity index is 2.28. The molecule has 0 bridgehead atoms. The second-order valence-electron chi connectivity index (χ2n) is 5.31. The smallest absolute Gasteiger partial charge is 0.336 e. The van der Waals surface area contributed by atoms with E-state index in [0.717, 1.165) is 0 Å². The lowest BCUT2D eigenvalue weighted by atomic mass is 9.99. The monoisotopic (exact) mass is 295 g/mol. The molecule has 108 valence electrons. The number of hydrogen-bond acceptors (Lipinski definition) is 4. The molecule has 1 heterocycles. The largest absolute Gasteiger partial charge is 0.481 e. The van der Waals surface area contributed by atoms with Crippen LogP contribution >= 0.6 is 11.8 Å². The van der Waals surface area contributed by atoms with Gasteiger partial charge in [-0.1, -0.05) is 18.2 Å². The third-order valence-electron chi connectivity index (χ3n) is 3.47. The number of carboxylic acid groups (broad SMARTS) is 2. The third kappa shape index (κ3) is 2.96. The van der Waals surface area contributed by atoms with Crippen LogP contribution in [0.3, 0.4) is 0 Å². The van der Waals surface area contributed by atoms with E-state index in [-0.39, 0.29) is 28.1 Å². The van der Waals surface area contributed by atoms with Crippen molar-refractivity contribution in [1.82, 2.24) is 5.32 Å². The van der Waals surface area contributed by atoms with Gasteiger partial charge >= 0.3 is 11.9 Å². The van der Waals surface area contributed by atoms with Crippen LogP contribution < -0.4 is 5.32 Å². The standard InChI is InChI=1S/C14H17NO4S/c1-14(2)10(7-11(16)17)15-12(20-14)8-5-3-4-6-9(8)13(18)19/h3-6,10,12,15H,7H2,1-2H3,(H,16,17)(H,18,19). The van der Waals surface area contributed by atoms with Gasteiger partial charge < -0.3 is 10.2 Å². The van der Waals surface area contributed by atoms with E-state index < -0.39 is 11.9 Å². The molecule has 0 radical (unpaired) electrons. The number of hydrogen-bond donors (Lipinski definition) is 3. The van der Waals surface area contributed by atoms with E-state index in [9.17, 15) is 14.7 Å². The van der Waals surface area contributed by atoms with E-state index in [2.05, 4.69) is 5.32 Å². The number of rotatable bonds is 4. The molecule has 20 heavy (non-hydrogen) atoms. The average molecular weight is 295 g/mol. The molecule has 1 aliphatic rings. The van der Waals surface area contributed by atoms with Crippen molar-refractivity contribution in [1.29, 1.82) is 0 Å². The van der Waals surface area contributed by atoms with Crippen LogP contribution in [0.1, 0.15) is 41.6 Å². The minimum Gasteiger partial charge on any atom is -0.481 e. The molecule has 0 amide bonds.